The summed E-state index contributed by atoms with van der Waals surface area (Å²) in [4.78, 5) is 24.9. The lowest BCUT2D eigenvalue weighted by molar-refractivity contribution is -0.757. The van der Waals surface area contributed by atoms with Crippen LogP contribution in [0.4, 0.5) is 0 Å². The molecule has 0 bridgehead atoms. The summed E-state index contributed by atoms with van der Waals surface area (Å²) in [5.41, 5.74) is 5.51. The molecule has 88 valence electrons. The minimum Gasteiger partial charge on any atom is -0.464 e. The Kier molecular flexibility index (Phi) is 6.35. The first-order valence-corrected chi connectivity index (χ1v) is 4.64. The second kappa shape index (κ2) is 6.99. The molecular weight excluding hydrogens is 204 g/mol. The van der Waals surface area contributed by atoms with E-state index in [9.17, 15) is 14.9 Å². The molecule has 2 N–H and O–H groups in total. The highest BCUT2D eigenvalue weighted by Gasteiger charge is 2.18. The van der Waals surface area contributed by atoms with Crippen molar-refractivity contribution < 1.29 is 19.5 Å². The highest BCUT2D eigenvalue weighted by atomic mass is 16.9. The topological polar surface area (TPSA) is 105 Å². The van der Waals surface area contributed by atoms with E-state index in [2.05, 4.69) is 4.84 Å². The molecule has 0 spiro atoms. The Labute approximate surface area is 87.6 Å². The number of carbonyl (C=O) groups excluding carboxylic acids is 1. The molecule has 0 aliphatic heterocycles. The SMILES string of the molecule is CC(C)C(N)C(=O)OCCCO[N+](=O)[O-]. The Balaban J connectivity index is 3.51. The average Bonchev–Trinajstić information content (AvgIpc) is 2.15. The van der Waals surface area contributed by atoms with Crippen molar-refractivity contribution in [2.24, 2.45) is 11.7 Å². The van der Waals surface area contributed by atoms with Crippen LogP contribution in [-0.4, -0.2) is 30.3 Å². The van der Waals surface area contributed by atoms with Gasteiger partial charge in [-0.1, -0.05) is 13.8 Å². The molecular formula is C8H16N2O5. The number of rotatable bonds is 7. The third-order valence-corrected chi connectivity index (χ3v) is 1.72. The van der Waals surface area contributed by atoms with Gasteiger partial charge in [0.25, 0.3) is 5.09 Å². The van der Waals surface area contributed by atoms with Crippen LogP contribution >= 0.6 is 0 Å². The van der Waals surface area contributed by atoms with Crippen molar-refractivity contribution in [2.45, 2.75) is 26.3 Å². The van der Waals surface area contributed by atoms with Gasteiger partial charge in [-0.3, -0.25) is 4.79 Å². The van der Waals surface area contributed by atoms with Gasteiger partial charge in [0.05, 0.1) is 13.2 Å². The molecule has 0 amide bonds. The van der Waals surface area contributed by atoms with E-state index in [1.165, 1.54) is 0 Å². The van der Waals surface area contributed by atoms with Crippen LogP contribution in [0.1, 0.15) is 20.3 Å². The number of hydrogen-bond donors (Lipinski definition) is 1. The quantitative estimate of drug-likeness (QED) is 0.282. The number of ether oxygens (including phenoxy) is 1. The van der Waals surface area contributed by atoms with Crippen LogP contribution in [0.15, 0.2) is 0 Å². The minimum absolute atomic E-state index is 0.00697. The van der Waals surface area contributed by atoms with Gasteiger partial charge in [-0.25, -0.2) is 0 Å². The van der Waals surface area contributed by atoms with Crippen molar-refractivity contribution in [1.82, 2.24) is 0 Å². The van der Waals surface area contributed by atoms with Gasteiger partial charge < -0.3 is 15.3 Å². The molecule has 0 aromatic rings. The summed E-state index contributed by atoms with van der Waals surface area (Å²) in [5, 5.41) is 8.86. The van der Waals surface area contributed by atoms with Gasteiger partial charge in [0, 0.05) is 6.42 Å². The second-order valence-corrected chi connectivity index (χ2v) is 3.35. The van der Waals surface area contributed by atoms with E-state index in [0.29, 0.717) is 0 Å². The molecule has 0 rings (SSSR count). The van der Waals surface area contributed by atoms with Gasteiger partial charge in [-0.15, -0.1) is 10.1 Å². The number of nitrogens with two attached hydrogens (primary N) is 1. The fraction of sp³-hybridized carbons (Fsp3) is 0.875. The molecule has 0 heterocycles. The Bertz CT molecular complexity index is 219. The van der Waals surface area contributed by atoms with E-state index in [1.54, 1.807) is 0 Å². The average molecular weight is 220 g/mol. The Hall–Kier alpha value is -1.37. The standard InChI is InChI=1S/C8H16N2O5/c1-6(2)7(9)8(11)14-4-3-5-15-10(12)13/h6-7H,3-5,9H2,1-2H3. The third kappa shape index (κ3) is 6.67. The second-order valence-electron chi connectivity index (χ2n) is 3.35. The third-order valence-electron chi connectivity index (χ3n) is 1.72. The largest absolute Gasteiger partial charge is 0.464 e. The lowest BCUT2D eigenvalue weighted by atomic mass is 10.1. The van der Waals surface area contributed by atoms with Gasteiger partial charge in [-0.05, 0) is 5.92 Å². The van der Waals surface area contributed by atoms with Crippen molar-refractivity contribution in [2.75, 3.05) is 13.2 Å². The zero-order chi connectivity index (χ0) is 11.8. The molecule has 0 saturated heterocycles. The van der Waals surface area contributed by atoms with Gasteiger partial charge in [0.15, 0.2) is 0 Å². The number of carbonyl (C=O) groups is 1. The summed E-state index contributed by atoms with van der Waals surface area (Å²) in [6.07, 6.45) is 0.275. The first-order chi connectivity index (χ1) is 6.95. The van der Waals surface area contributed by atoms with E-state index in [1.807, 2.05) is 13.8 Å². The monoisotopic (exact) mass is 220 g/mol. The summed E-state index contributed by atoms with van der Waals surface area (Å²) < 4.78 is 4.78. The predicted molar refractivity (Wildman–Crippen MR) is 51.3 cm³/mol. The maximum Gasteiger partial charge on any atom is 0.323 e. The number of nitrogens with zero attached hydrogens (tertiary/aromatic N) is 1. The van der Waals surface area contributed by atoms with E-state index in [0.717, 1.165) is 0 Å². The fourth-order valence-corrected chi connectivity index (χ4v) is 0.739. The smallest absolute Gasteiger partial charge is 0.323 e. The molecule has 15 heavy (non-hydrogen) atoms. The summed E-state index contributed by atoms with van der Waals surface area (Å²) in [6, 6.07) is -0.651. The Morgan fingerprint density at radius 2 is 2.07 bits per heavy atom. The van der Waals surface area contributed by atoms with Gasteiger partial charge in [0.2, 0.25) is 0 Å². The normalized spacial score (nSPS) is 12.3. The van der Waals surface area contributed by atoms with Gasteiger partial charge in [0.1, 0.15) is 6.04 Å². The number of hydrogen-bond acceptors (Lipinski definition) is 6. The van der Waals surface area contributed by atoms with Crippen molar-refractivity contribution in [3.8, 4) is 0 Å². The number of esters is 1. The molecule has 0 aromatic carbocycles. The van der Waals surface area contributed by atoms with Crippen LogP contribution in [-0.2, 0) is 14.4 Å². The van der Waals surface area contributed by atoms with Crippen molar-refractivity contribution >= 4 is 5.97 Å². The highest BCUT2D eigenvalue weighted by Crippen LogP contribution is 2.00. The fourth-order valence-electron chi connectivity index (χ4n) is 0.739. The van der Waals surface area contributed by atoms with Crippen molar-refractivity contribution in [3.63, 3.8) is 0 Å². The molecule has 0 aliphatic rings. The van der Waals surface area contributed by atoms with E-state index < -0.39 is 17.1 Å². The van der Waals surface area contributed by atoms with Crippen molar-refractivity contribution in [1.29, 1.82) is 0 Å². The van der Waals surface area contributed by atoms with Crippen LogP contribution in [0.5, 0.6) is 0 Å². The summed E-state index contributed by atoms with van der Waals surface area (Å²) in [5.74, 6) is -0.487. The van der Waals surface area contributed by atoms with E-state index >= 15 is 0 Å². The first kappa shape index (κ1) is 13.6. The maximum absolute atomic E-state index is 11.2. The molecule has 7 heteroatoms. The van der Waals surface area contributed by atoms with E-state index in [-0.39, 0.29) is 25.6 Å². The predicted octanol–water partition coefficient (Wildman–Crippen LogP) is 0.111. The summed E-state index contributed by atoms with van der Waals surface area (Å²) in [6.45, 7) is 3.60. The maximum atomic E-state index is 11.2. The minimum atomic E-state index is -0.887. The molecule has 1 unspecified atom stereocenters. The molecule has 0 saturated carbocycles. The van der Waals surface area contributed by atoms with Gasteiger partial charge in [-0.2, -0.15) is 0 Å². The molecule has 0 fully saturated rings. The lowest BCUT2D eigenvalue weighted by Gasteiger charge is -2.14. The summed E-state index contributed by atoms with van der Waals surface area (Å²) in [7, 11) is 0. The molecule has 0 aliphatic carbocycles. The van der Waals surface area contributed by atoms with Crippen LogP contribution in [0.25, 0.3) is 0 Å². The van der Waals surface area contributed by atoms with Crippen LogP contribution in [0.3, 0.4) is 0 Å². The molecule has 1 atom stereocenters. The van der Waals surface area contributed by atoms with Crippen LogP contribution in [0.2, 0.25) is 0 Å². The highest BCUT2D eigenvalue weighted by molar-refractivity contribution is 5.75. The molecule has 0 aromatic heterocycles. The van der Waals surface area contributed by atoms with Crippen LogP contribution < -0.4 is 5.73 Å². The molecule has 0 radical (unpaired) electrons. The zero-order valence-corrected chi connectivity index (χ0v) is 8.84. The van der Waals surface area contributed by atoms with Gasteiger partial charge >= 0.3 is 5.97 Å². The Morgan fingerprint density at radius 3 is 2.53 bits per heavy atom. The summed E-state index contributed by atoms with van der Waals surface area (Å²) >= 11 is 0. The van der Waals surface area contributed by atoms with Crippen LogP contribution in [0, 0.1) is 16.0 Å². The first-order valence-electron chi connectivity index (χ1n) is 4.64. The molecule has 7 nitrogen and oxygen atoms in total. The Morgan fingerprint density at radius 1 is 1.47 bits per heavy atom. The van der Waals surface area contributed by atoms with Crippen molar-refractivity contribution in [3.05, 3.63) is 10.1 Å². The van der Waals surface area contributed by atoms with E-state index in [4.69, 9.17) is 10.5 Å². The lowest BCUT2D eigenvalue weighted by Crippen LogP contribution is -2.37. The zero-order valence-electron chi connectivity index (χ0n) is 8.84.